The Hall–Kier alpha value is -2.66. The van der Waals surface area contributed by atoms with Crippen LogP contribution < -0.4 is 10.2 Å². The van der Waals surface area contributed by atoms with Crippen LogP contribution in [0.15, 0.2) is 75.3 Å². The first-order valence-corrected chi connectivity index (χ1v) is 13.6. The number of benzene rings is 2. The lowest BCUT2D eigenvalue weighted by molar-refractivity contribution is -0.116. The zero-order valence-electron chi connectivity index (χ0n) is 18.3. The monoisotopic (exact) mass is 535 g/mol. The van der Waals surface area contributed by atoms with Crippen molar-refractivity contribution in [2.75, 3.05) is 10.2 Å². The van der Waals surface area contributed by atoms with E-state index in [-0.39, 0.29) is 21.7 Å². The first-order valence-electron chi connectivity index (χ1n) is 10.1. The van der Waals surface area contributed by atoms with Crippen molar-refractivity contribution in [2.45, 2.75) is 29.7 Å². The fourth-order valence-corrected chi connectivity index (χ4v) is 6.51. The Morgan fingerprint density at radius 3 is 2.41 bits per heavy atom. The van der Waals surface area contributed by atoms with Crippen LogP contribution in [0.3, 0.4) is 0 Å². The molecule has 0 aliphatic rings. The van der Waals surface area contributed by atoms with Gasteiger partial charge in [0.15, 0.2) is 5.17 Å². The van der Waals surface area contributed by atoms with Crippen molar-refractivity contribution in [3.05, 3.63) is 76.6 Å². The summed E-state index contributed by atoms with van der Waals surface area (Å²) >= 11 is 7.79. The van der Waals surface area contributed by atoms with E-state index in [9.17, 15) is 18.0 Å². The average molecular weight is 536 g/mol. The van der Waals surface area contributed by atoms with Gasteiger partial charge < -0.3 is 5.32 Å². The molecule has 0 aliphatic carbocycles. The standard InChI is InChI=1S/C23H22ClN3O4S3/c1-16-8-10-18(11-9-16)25-21(29)14-17(2)32-23(27(15-28)19-6-4-3-5-7-19)26-34(30,31)22-13-12-20(24)33-22/h3-13,15,17H,14H2,1-2H3,(H,25,29)/b26-23+. The van der Waals surface area contributed by atoms with E-state index in [0.29, 0.717) is 22.1 Å². The molecule has 1 heterocycles. The Labute approximate surface area is 211 Å². The Morgan fingerprint density at radius 1 is 1.15 bits per heavy atom. The number of nitrogens with one attached hydrogen (secondary N) is 1. The third-order valence-electron chi connectivity index (χ3n) is 4.46. The van der Waals surface area contributed by atoms with Gasteiger partial charge in [0.25, 0.3) is 10.0 Å². The first kappa shape index (κ1) is 26.0. The number of hydrogen-bond acceptors (Lipinski definition) is 6. The van der Waals surface area contributed by atoms with E-state index in [0.717, 1.165) is 33.6 Å². The van der Waals surface area contributed by atoms with Crippen LogP contribution in [0, 0.1) is 6.92 Å². The van der Waals surface area contributed by atoms with Crippen molar-refractivity contribution in [1.29, 1.82) is 0 Å². The van der Waals surface area contributed by atoms with Gasteiger partial charge >= 0.3 is 0 Å². The molecule has 1 N–H and O–H groups in total. The van der Waals surface area contributed by atoms with E-state index >= 15 is 0 Å². The smallest absolute Gasteiger partial charge is 0.294 e. The highest BCUT2D eigenvalue weighted by Gasteiger charge is 2.24. The third-order valence-corrected chi connectivity index (χ3v) is 8.61. The lowest BCUT2D eigenvalue weighted by atomic mass is 10.2. The van der Waals surface area contributed by atoms with Gasteiger partial charge in [-0.1, -0.05) is 66.2 Å². The summed E-state index contributed by atoms with van der Waals surface area (Å²) in [4.78, 5) is 25.7. The van der Waals surface area contributed by atoms with Crippen LogP contribution in [0.4, 0.5) is 11.4 Å². The topological polar surface area (TPSA) is 95.9 Å². The molecule has 0 bridgehead atoms. The highest BCUT2D eigenvalue weighted by Crippen LogP contribution is 2.30. The fourth-order valence-electron chi connectivity index (χ4n) is 2.84. The van der Waals surface area contributed by atoms with Crippen LogP contribution in [-0.4, -0.2) is 31.2 Å². The van der Waals surface area contributed by atoms with Gasteiger partial charge in [0.2, 0.25) is 12.3 Å². The van der Waals surface area contributed by atoms with Crippen LogP contribution in [0.1, 0.15) is 18.9 Å². The summed E-state index contributed by atoms with van der Waals surface area (Å²) in [5, 5.41) is 2.36. The molecule has 1 atom stereocenters. The van der Waals surface area contributed by atoms with E-state index in [1.807, 2.05) is 19.1 Å². The number of amidine groups is 1. The Bertz CT molecular complexity index is 1280. The van der Waals surface area contributed by atoms with Gasteiger partial charge in [-0.15, -0.1) is 15.7 Å². The number of aryl methyl sites for hydroxylation is 1. The molecule has 0 saturated heterocycles. The summed E-state index contributed by atoms with van der Waals surface area (Å²) < 4.78 is 30.0. The molecule has 0 fully saturated rings. The van der Waals surface area contributed by atoms with Crippen molar-refractivity contribution in [1.82, 2.24) is 0 Å². The summed E-state index contributed by atoms with van der Waals surface area (Å²) in [6.45, 7) is 3.71. The largest absolute Gasteiger partial charge is 0.326 e. The number of amides is 2. The Balaban J connectivity index is 1.85. The molecule has 3 rings (SSSR count). The fraction of sp³-hybridized carbons (Fsp3) is 0.174. The van der Waals surface area contributed by atoms with Crippen LogP contribution in [0.5, 0.6) is 0 Å². The zero-order valence-corrected chi connectivity index (χ0v) is 21.5. The van der Waals surface area contributed by atoms with Crippen molar-refractivity contribution >= 4 is 73.6 Å². The van der Waals surface area contributed by atoms with Gasteiger partial charge in [0, 0.05) is 17.4 Å². The van der Waals surface area contributed by atoms with E-state index in [2.05, 4.69) is 9.71 Å². The third kappa shape index (κ3) is 7.17. The van der Waals surface area contributed by atoms with Crippen LogP contribution in [-0.2, 0) is 19.6 Å². The molecule has 34 heavy (non-hydrogen) atoms. The predicted octanol–water partition coefficient (Wildman–Crippen LogP) is 5.57. The predicted molar refractivity (Wildman–Crippen MR) is 140 cm³/mol. The molecule has 0 aliphatic heterocycles. The molecule has 3 aromatic rings. The summed E-state index contributed by atoms with van der Waals surface area (Å²) in [5.41, 5.74) is 2.18. The molecule has 0 spiro atoms. The molecule has 11 heteroatoms. The van der Waals surface area contributed by atoms with Gasteiger partial charge in [-0.3, -0.25) is 14.5 Å². The Morgan fingerprint density at radius 2 is 1.82 bits per heavy atom. The summed E-state index contributed by atoms with van der Waals surface area (Å²) in [7, 11) is -4.13. The molecule has 0 radical (unpaired) electrons. The van der Waals surface area contributed by atoms with Gasteiger partial charge in [-0.05, 0) is 43.3 Å². The minimum atomic E-state index is -4.13. The van der Waals surface area contributed by atoms with Crippen LogP contribution >= 0.6 is 34.7 Å². The second-order valence-electron chi connectivity index (χ2n) is 7.27. The molecular formula is C23H22ClN3O4S3. The molecule has 7 nitrogen and oxygen atoms in total. The average Bonchev–Trinajstić information content (AvgIpc) is 3.23. The molecule has 1 unspecified atom stereocenters. The van der Waals surface area contributed by atoms with E-state index < -0.39 is 15.3 Å². The lowest BCUT2D eigenvalue weighted by Gasteiger charge is -2.21. The normalized spacial score (nSPS) is 12.7. The number of carbonyl (C=O) groups is 2. The molecular weight excluding hydrogens is 514 g/mol. The van der Waals surface area contributed by atoms with E-state index in [4.69, 9.17) is 11.6 Å². The maximum absolute atomic E-state index is 12.9. The number of thiophene rings is 1. The van der Waals surface area contributed by atoms with Gasteiger partial charge in [0.05, 0.1) is 10.0 Å². The van der Waals surface area contributed by atoms with Gasteiger partial charge in [-0.25, -0.2) is 0 Å². The quantitative estimate of drug-likeness (QED) is 0.231. The number of anilines is 2. The SMILES string of the molecule is Cc1ccc(NC(=O)CC(C)S/C(=N/S(=O)(=O)c2ccc(Cl)s2)N(C=O)c2ccccc2)cc1. The molecule has 1 aromatic heterocycles. The molecule has 178 valence electrons. The summed E-state index contributed by atoms with van der Waals surface area (Å²) in [5.74, 6) is -0.242. The highest BCUT2D eigenvalue weighted by molar-refractivity contribution is 8.15. The second kappa shape index (κ2) is 11.7. The van der Waals surface area contributed by atoms with Crippen molar-refractivity contribution in [3.63, 3.8) is 0 Å². The Kier molecular flexibility index (Phi) is 8.90. The lowest BCUT2D eigenvalue weighted by Crippen LogP contribution is -2.30. The minimum Gasteiger partial charge on any atom is -0.326 e. The number of hydrogen-bond donors (Lipinski definition) is 1. The van der Waals surface area contributed by atoms with Gasteiger partial charge in [-0.2, -0.15) is 8.42 Å². The van der Waals surface area contributed by atoms with E-state index in [1.165, 1.54) is 12.1 Å². The van der Waals surface area contributed by atoms with Gasteiger partial charge in [0.1, 0.15) is 4.21 Å². The van der Waals surface area contributed by atoms with Crippen LogP contribution in [0.2, 0.25) is 4.34 Å². The number of carbonyl (C=O) groups excluding carboxylic acids is 2. The maximum atomic E-state index is 12.9. The van der Waals surface area contributed by atoms with Crippen molar-refractivity contribution in [3.8, 4) is 0 Å². The number of halogens is 1. The number of rotatable bonds is 8. The van der Waals surface area contributed by atoms with Crippen molar-refractivity contribution in [2.24, 2.45) is 4.40 Å². The number of thioether (sulfide) groups is 1. The first-order chi connectivity index (χ1) is 16.2. The second-order valence-corrected chi connectivity index (χ2v) is 12.2. The summed E-state index contributed by atoms with van der Waals surface area (Å²) in [6, 6.07) is 18.8. The number of nitrogens with zero attached hydrogens (tertiary/aromatic N) is 2. The van der Waals surface area contributed by atoms with Crippen molar-refractivity contribution < 1.29 is 18.0 Å². The van der Waals surface area contributed by atoms with E-state index in [1.54, 1.807) is 49.4 Å². The molecule has 2 aromatic carbocycles. The summed E-state index contributed by atoms with van der Waals surface area (Å²) in [6.07, 6.45) is 0.571. The minimum absolute atomic E-state index is 0.0423. The van der Waals surface area contributed by atoms with Crippen LogP contribution in [0.25, 0.3) is 0 Å². The number of sulfonamides is 1. The number of para-hydroxylation sites is 1. The highest BCUT2D eigenvalue weighted by atomic mass is 35.5. The molecule has 2 amide bonds. The molecule has 0 saturated carbocycles. The zero-order chi connectivity index (χ0) is 24.7. The maximum Gasteiger partial charge on any atom is 0.294 e.